The summed E-state index contributed by atoms with van der Waals surface area (Å²) in [7, 11) is 0. The molecule has 154 valence electrons. The number of carbonyl (C=O) groups is 1. The minimum absolute atomic E-state index is 0.0580. The zero-order valence-electron chi connectivity index (χ0n) is 16.6. The molecule has 2 bridgehead atoms. The maximum atomic E-state index is 13.5. The van der Waals surface area contributed by atoms with Crippen LogP contribution in [0, 0.1) is 28.5 Å². The molecule has 0 radical (unpaired) electrons. The number of nitrogens with zero attached hydrogens (tertiary/aromatic N) is 5. The van der Waals surface area contributed by atoms with Crippen LogP contribution in [0.5, 0.6) is 0 Å². The first kappa shape index (κ1) is 17.9. The summed E-state index contributed by atoms with van der Waals surface area (Å²) >= 11 is 0. The Bertz CT molecular complexity index is 1030. The lowest BCUT2D eigenvalue weighted by Crippen LogP contribution is -2.73. The van der Waals surface area contributed by atoms with E-state index in [1.807, 2.05) is 9.80 Å². The van der Waals surface area contributed by atoms with Gasteiger partial charge in [-0.2, -0.15) is 10.4 Å². The number of nitrogens with one attached hydrogen (secondary N) is 1. The average Bonchev–Trinajstić information content (AvgIpc) is 3.32. The molecule has 3 heterocycles. The average molecular weight is 406 g/mol. The fourth-order valence-corrected chi connectivity index (χ4v) is 6.45. The molecule has 30 heavy (non-hydrogen) atoms. The molecule has 1 aromatic carbocycles. The van der Waals surface area contributed by atoms with Gasteiger partial charge in [-0.05, 0) is 60.1 Å². The molecule has 1 N–H and O–H groups in total. The summed E-state index contributed by atoms with van der Waals surface area (Å²) in [6.45, 7) is 3.12. The monoisotopic (exact) mass is 406 g/mol. The summed E-state index contributed by atoms with van der Waals surface area (Å²) < 4.78 is 13.5. The molecular formula is C22H23FN6O. The number of halogens is 1. The number of H-pyrrole nitrogens is 1. The lowest BCUT2D eigenvalue weighted by Gasteiger charge is -2.76. The zero-order valence-corrected chi connectivity index (χ0v) is 16.6. The van der Waals surface area contributed by atoms with Gasteiger partial charge in [0.25, 0.3) is 0 Å². The molecule has 2 aromatic rings. The van der Waals surface area contributed by atoms with Crippen molar-refractivity contribution in [3.63, 3.8) is 0 Å². The third kappa shape index (κ3) is 2.38. The summed E-state index contributed by atoms with van der Waals surface area (Å²) in [5.41, 5.74) is 1.85. The first-order valence-electron chi connectivity index (χ1n) is 10.6. The third-order valence-electron chi connectivity index (χ3n) is 8.04. The Hall–Kier alpha value is -2.95. The number of carbonyl (C=O) groups excluding carboxylic acids is 1. The summed E-state index contributed by atoms with van der Waals surface area (Å²) in [6, 6.07) is 6.92. The molecule has 3 saturated carbocycles. The van der Waals surface area contributed by atoms with Crippen molar-refractivity contribution in [1.29, 1.82) is 5.26 Å². The van der Waals surface area contributed by atoms with Gasteiger partial charge >= 0.3 is 6.03 Å². The van der Waals surface area contributed by atoms with Crippen LogP contribution in [0.2, 0.25) is 0 Å². The van der Waals surface area contributed by atoms with Gasteiger partial charge in [-0.1, -0.05) is 6.07 Å². The molecule has 2 amide bonds. The van der Waals surface area contributed by atoms with Crippen LogP contribution >= 0.6 is 0 Å². The highest BCUT2D eigenvalue weighted by molar-refractivity contribution is 5.76. The number of aromatic amines is 1. The van der Waals surface area contributed by atoms with Crippen LogP contribution in [0.25, 0.3) is 0 Å². The van der Waals surface area contributed by atoms with Crippen molar-refractivity contribution in [2.45, 2.75) is 37.0 Å². The zero-order chi connectivity index (χ0) is 20.5. The molecule has 0 spiro atoms. The van der Waals surface area contributed by atoms with Crippen LogP contribution in [0.3, 0.4) is 0 Å². The van der Waals surface area contributed by atoms with E-state index in [4.69, 9.17) is 0 Å². The van der Waals surface area contributed by atoms with Crippen molar-refractivity contribution >= 4 is 6.03 Å². The van der Waals surface area contributed by atoms with Crippen molar-refractivity contribution in [3.05, 3.63) is 47.3 Å². The van der Waals surface area contributed by atoms with E-state index < -0.39 is 0 Å². The maximum absolute atomic E-state index is 13.5. The van der Waals surface area contributed by atoms with Gasteiger partial charge < -0.3 is 9.80 Å². The first-order chi connectivity index (χ1) is 14.5. The highest BCUT2D eigenvalue weighted by atomic mass is 19.1. The van der Waals surface area contributed by atoms with E-state index in [2.05, 4.69) is 21.3 Å². The molecule has 5 aliphatic rings. The standard InChI is InChI=1S/C22H23FN6O/c23-17-1-2-18(15(5-17)6-24)22-10-21(11-22,12-22)16-8-29(9-16)20(30)28-4-3-14(7-28)19-25-13-26-27-19/h1-2,5,13-14,16H,3-4,7-12H2,(H,25,26,27)/t14-,21?,22?/m0/s1. The Morgan fingerprint density at radius 1 is 1.23 bits per heavy atom. The number of likely N-dealkylation sites (tertiary alicyclic amines) is 2. The normalized spacial score (nSPS) is 32.2. The molecule has 8 heteroatoms. The second kappa shape index (κ2) is 6.03. The second-order valence-electron chi connectivity index (χ2n) is 9.66. The Kier molecular flexibility index (Phi) is 3.59. The number of rotatable bonds is 3. The highest BCUT2D eigenvalue weighted by Gasteiger charge is 2.72. The minimum atomic E-state index is -0.350. The van der Waals surface area contributed by atoms with Crippen LogP contribution < -0.4 is 0 Å². The third-order valence-corrected chi connectivity index (χ3v) is 8.04. The van der Waals surface area contributed by atoms with E-state index in [1.165, 1.54) is 18.5 Å². The van der Waals surface area contributed by atoms with Crippen molar-refractivity contribution in [3.8, 4) is 6.07 Å². The van der Waals surface area contributed by atoms with Gasteiger partial charge in [-0.3, -0.25) is 5.10 Å². The molecular weight excluding hydrogens is 383 g/mol. The summed E-state index contributed by atoms with van der Waals surface area (Å²) in [5.74, 6) is 1.30. The molecule has 2 saturated heterocycles. The largest absolute Gasteiger partial charge is 0.324 e. The van der Waals surface area contributed by atoms with Crippen LogP contribution in [0.15, 0.2) is 24.5 Å². The minimum Gasteiger partial charge on any atom is -0.324 e. The van der Waals surface area contributed by atoms with Crippen LogP contribution in [0.4, 0.5) is 9.18 Å². The van der Waals surface area contributed by atoms with Gasteiger partial charge in [0.1, 0.15) is 18.0 Å². The van der Waals surface area contributed by atoms with Crippen molar-refractivity contribution in [2.75, 3.05) is 26.2 Å². The number of hydrogen-bond donors (Lipinski definition) is 1. The van der Waals surface area contributed by atoms with Gasteiger partial charge in [0.15, 0.2) is 0 Å². The Morgan fingerprint density at radius 2 is 2.03 bits per heavy atom. The van der Waals surface area contributed by atoms with Gasteiger partial charge in [0, 0.05) is 32.1 Å². The first-order valence-corrected chi connectivity index (χ1v) is 10.6. The van der Waals surface area contributed by atoms with Crippen molar-refractivity contribution in [2.24, 2.45) is 11.3 Å². The molecule has 3 aliphatic carbocycles. The smallest absolute Gasteiger partial charge is 0.320 e. The molecule has 5 fully saturated rings. The Labute approximate surface area is 173 Å². The molecule has 2 aliphatic heterocycles. The number of amides is 2. The predicted octanol–water partition coefficient (Wildman–Crippen LogP) is 2.78. The number of nitriles is 1. The van der Waals surface area contributed by atoms with Gasteiger partial charge in [0.05, 0.1) is 11.6 Å². The number of urea groups is 1. The second-order valence-corrected chi connectivity index (χ2v) is 9.66. The van der Waals surface area contributed by atoms with Crippen LogP contribution in [-0.4, -0.2) is 57.2 Å². The fourth-order valence-electron chi connectivity index (χ4n) is 6.45. The fraction of sp³-hybridized carbons (Fsp3) is 0.545. The molecule has 7 nitrogen and oxygen atoms in total. The van der Waals surface area contributed by atoms with Crippen molar-refractivity contribution < 1.29 is 9.18 Å². The van der Waals surface area contributed by atoms with Gasteiger partial charge in [0.2, 0.25) is 0 Å². The quantitative estimate of drug-likeness (QED) is 0.849. The highest BCUT2D eigenvalue weighted by Crippen LogP contribution is 2.77. The predicted molar refractivity (Wildman–Crippen MR) is 105 cm³/mol. The van der Waals surface area contributed by atoms with Gasteiger partial charge in [-0.25, -0.2) is 14.2 Å². The van der Waals surface area contributed by atoms with Crippen LogP contribution in [-0.2, 0) is 5.41 Å². The summed E-state index contributed by atoms with van der Waals surface area (Å²) in [5, 5.41) is 16.2. The molecule has 1 atom stereocenters. The van der Waals surface area contributed by atoms with Gasteiger partial charge in [-0.15, -0.1) is 0 Å². The number of benzene rings is 1. The Balaban J connectivity index is 1.05. The van der Waals surface area contributed by atoms with E-state index in [9.17, 15) is 14.4 Å². The Morgan fingerprint density at radius 3 is 2.73 bits per heavy atom. The number of hydrogen-bond acceptors (Lipinski definition) is 4. The lowest BCUT2D eigenvalue weighted by molar-refractivity contribution is -0.207. The SMILES string of the molecule is N#Cc1cc(F)ccc1C12CC(C3CN(C(=O)N4CC[C@H](c5ncn[nH]5)C4)C3)(C1)C2. The summed E-state index contributed by atoms with van der Waals surface area (Å²) in [6.07, 6.45) is 5.62. The lowest BCUT2D eigenvalue weighted by atomic mass is 9.29. The van der Waals surface area contributed by atoms with E-state index >= 15 is 0 Å². The van der Waals surface area contributed by atoms with Crippen LogP contribution in [0.1, 0.15) is 48.6 Å². The molecule has 0 unspecified atom stereocenters. The van der Waals surface area contributed by atoms with E-state index in [0.717, 1.165) is 56.7 Å². The topological polar surface area (TPSA) is 88.9 Å². The van der Waals surface area contributed by atoms with E-state index in [0.29, 0.717) is 23.4 Å². The van der Waals surface area contributed by atoms with E-state index in [-0.39, 0.29) is 23.2 Å². The molecule has 7 rings (SSSR count). The molecule has 1 aromatic heterocycles. The maximum Gasteiger partial charge on any atom is 0.320 e. The van der Waals surface area contributed by atoms with Crippen molar-refractivity contribution in [1.82, 2.24) is 25.0 Å². The number of aromatic nitrogens is 3. The summed E-state index contributed by atoms with van der Waals surface area (Å²) in [4.78, 5) is 21.0. The van der Waals surface area contributed by atoms with E-state index in [1.54, 1.807) is 6.07 Å².